The zero-order valence-electron chi connectivity index (χ0n) is 19.7. The Morgan fingerprint density at radius 2 is 1.82 bits per heavy atom. The second-order valence-electron chi connectivity index (χ2n) is 8.31. The molecule has 34 heavy (non-hydrogen) atoms. The van der Waals surface area contributed by atoms with Crippen LogP contribution >= 0.6 is 23.1 Å². The maximum atomic E-state index is 11.9. The van der Waals surface area contributed by atoms with Crippen LogP contribution in [0.1, 0.15) is 18.7 Å². The van der Waals surface area contributed by atoms with Gasteiger partial charge >= 0.3 is 6.03 Å². The van der Waals surface area contributed by atoms with Crippen LogP contribution in [-0.2, 0) is 0 Å². The molecule has 0 atom stereocenters. The fourth-order valence-electron chi connectivity index (χ4n) is 3.24. The number of amides is 2. The summed E-state index contributed by atoms with van der Waals surface area (Å²) in [5.41, 5.74) is 0.720. The first kappa shape index (κ1) is 24.2. The number of aryl methyl sites for hydroxylation is 1. The third-order valence-corrected chi connectivity index (χ3v) is 6.67. The van der Waals surface area contributed by atoms with E-state index < -0.39 is 0 Å². The lowest BCUT2D eigenvalue weighted by Crippen LogP contribution is -2.45. The molecule has 2 amide bonds. The number of hydrogen-bond donors (Lipinski definition) is 3. The van der Waals surface area contributed by atoms with Crippen LogP contribution in [0.4, 0.5) is 27.5 Å². The van der Waals surface area contributed by atoms with Gasteiger partial charge in [0.15, 0.2) is 10.3 Å². The van der Waals surface area contributed by atoms with E-state index >= 15 is 0 Å². The van der Waals surface area contributed by atoms with Crippen molar-refractivity contribution in [1.29, 1.82) is 0 Å². The number of anilines is 4. The molecule has 0 radical (unpaired) electrons. The number of benzene rings is 1. The van der Waals surface area contributed by atoms with Gasteiger partial charge in [0.1, 0.15) is 0 Å². The minimum Gasteiger partial charge on any atom is -0.338 e. The van der Waals surface area contributed by atoms with E-state index in [1.165, 1.54) is 11.8 Å². The standard InChI is InChI=1S/C22H29N9OS2/c1-14(2)24-20(32)25-16-5-7-17(8-6-16)34-22-28-18(27-21-23-13-15(3)33-21)26-19(29-22)31-11-9-30(4)10-12-31/h5-8,13-14H,9-12H2,1-4H3,(H2,24,25,32)(H,23,26,27,28,29). The average Bonchev–Trinajstić information content (AvgIpc) is 3.19. The number of carbonyl (C=O) groups is 1. The van der Waals surface area contributed by atoms with Gasteiger partial charge in [0.2, 0.25) is 11.9 Å². The van der Waals surface area contributed by atoms with Crippen LogP contribution in [0.3, 0.4) is 0 Å². The molecule has 1 aromatic carbocycles. The summed E-state index contributed by atoms with van der Waals surface area (Å²) < 4.78 is 0. The van der Waals surface area contributed by atoms with E-state index in [1.807, 2.05) is 51.2 Å². The van der Waals surface area contributed by atoms with Crippen molar-refractivity contribution < 1.29 is 4.79 Å². The van der Waals surface area contributed by atoms with E-state index in [4.69, 9.17) is 4.98 Å². The minimum absolute atomic E-state index is 0.0734. The third kappa shape index (κ3) is 6.78. The summed E-state index contributed by atoms with van der Waals surface area (Å²) in [6, 6.07) is 7.45. The molecule has 0 bridgehead atoms. The van der Waals surface area contributed by atoms with Crippen molar-refractivity contribution >= 4 is 51.8 Å². The number of nitrogens with zero attached hydrogens (tertiary/aromatic N) is 6. The van der Waals surface area contributed by atoms with Crippen molar-refractivity contribution in [3.8, 4) is 0 Å². The molecule has 180 valence electrons. The predicted octanol–water partition coefficient (Wildman–Crippen LogP) is 3.81. The summed E-state index contributed by atoms with van der Waals surface area (Å²) in [6.07, 6.45) is 1.82. The number of aromatic nitrogens is 4. The van der Waals surface area contributed by atoms with Crippen molar-refractivity contribution in [2.75, 3.05) is 48.8 Å². The lowest BCUT2D eigenvalue weighted by atomic mass is 10.3. The van der Waals surface area contributed by atoms with Crippen molar-refractivity contribution in [3.05, 3.63) is 35.3 Å². The lowest BCUT2D eigenvalue weighted by Gasteiger charge is -2.32. The zero-order chi connectivity index (χ0) is 24.1. The van der Waals surface area contributed by atoms with E-state index in [-0.39, 0.29) is 12.1 Å². The van der Waals surface area contributed by atoms with Gasteiger partial charge in [0.05, 0.1) is 0 Å². The van der Waals surface area contributed by atoms with E-state index in [1.54, 1.807) is 11.3 Å². The van der Waals surface area contributed by atoms with Crippen molar-refractivity contribution in [1.82, 2.24) is 30.2 Å². The van der Waals surface area contributed by atoms with Gasteiger partial charge in [-0.1, -0.05) is 0 Å². The molecule has 0 unspecified atom stereocenters. The summed E-state index contributed by atoms with van der Waals surface area (Å²) in [5.74, 6) is 1.13. The first-order valence-corrected chi connectivity index (χ1v) is 12.7. The molecule has 1 fully saturated rings. The molecule has 2 aromatic heterocycles. The topological polar surface area (TPSA) is 111 Å². The molecule has 0 saturated carbocycles. The first-order chi connectivity index (χ1) is 16.3. The molecular formula is C22H29N9OS2. The number of carbonyl (C=O) groups excluding carboxylic acids is 1. The molecule has 0 spiro atoms. The lowest BCUT2D eigenvalue weighted by molar-refractivity contribution is 0.250. The van der Waals surface area contributed by atoms with Crippen LogP contribution < -0.4 is 20.9 Å². The summed E-state index contributed by atoms with van der Waals surface area (Å²) in [6.45, 7) is 9.49. The number of rotatable bonds is 7. The SMILES string of the molecule is Cc1cnc(Nc2nc(Sc3ccc(NC(=O)NC(C)C)cc3)nc(N3CCN(C)CC3)n2)s1. The highest BCUT2D eigenvalue weighted by molar-refractivity contribution is 7.99. The van der Waals surface area contributed by atoms with Gasteiger partial charge in [0.25, 0.3) is 0 Å². The van der Waals surface area contributed by atoms with Crippen LogP contribution in [0.15, 0.2) is 40.5 Å². The van der Waals surface area contributed by atoms with Crippen molar-refractivity contribution in [2.45, 2.75) is 36.9 Å². The van der Waals surface area contributed by atoms with Gasteiger partial charge in [-0.15, -0.1) is 11.3 Å². The highest BCUT2D eigenvalue weighted by atomic mass is 32.2. The second kappa shape index (κ2) is 11.0. The number of urea groups is 1. The molecule has 3 N–H and O–H groups in total. The molecule has 3 aromatic rings. The molecule has 4 rings (SSSR count). The number of thiazole rings is 1. The zero-order valence-corrected chi connectivity index (χ0v) is 21.3. The molecule has 1 aliphatic heterocycles. The van der Waals surface area contributed by atoms with Gasteiger partial charge < -0.3 is 20.4 Å². The Morgan fingerprint density at radius 1 is 1.09 bits per heavy atom. The van der Waals surface area contributed by atoms with Crippen LogP contribution in [0, 0.1) is 6.92 Å². The molecule has 12 heteroatoms. The molecule has 1 aliphatic rings. The average molecular weight is 500 g/mol. The Kier molecular flexibility index (Phi) is 7.80. The smallest absolute Gasteiger partial charge is 0.319 e. The Labute approximate surface area is 207 Å². The van der Waals surface area contributed by atoms with Crippen LogP contribution in [0.2, 0.25) is 0 Å². The Balaban J connectivity index is 1.52. The molecule has 3 heterocycles. The molecule has 1 saturated heterocycles. The van der Waals surface area contributed by atoms with Gasteiger partial charge in [-0.3, -0.25) is 5.32 Å². The number of nitrogens with one attached hydrogen (secondary N) is 3. The molecule has 10 nitrogen and oxygen atoms in total. The van der Waals surface area contributed by atoms with E-state index in [9.17, 15) is 4.79 Å². The Hall–Kier alpha value is -2.96. The van der Waals surface area contributed by atoms with Gasteiger partial charge in [-0.05, 0) is 63.8 Å². The monoisotopic (exact) mass is 499 g/mol. The van der Waals surface area contributed by atoms with E-state index in [2.05, 4.69) is 47.7 Å². The van der Waals surface area contributed by atoms with Crippen LogP contribution in [0.5, 0.6) is 0 Å². The van der Waals surface area contributed by atoms with Gasteiger partial charge in [-0.25, -0.2) is 9.78 Å². The molecular weight excluding hydrogens is 470 g/mol. The molecule has 0 aliphatic carbocycles. The number of likely N-dealkylation sites (N-methyl/N-ethyl adjacent to an activating group) is 1. The van der Waals surface area contributed by atoms with Crippen molar-refractivity contribution in [2.24, 2.45) is 0 Å². The second-order valence-corrected chi connectivity index (χ2v) is 10.6. The quantitative estimate of drug-likeness (QED) is 0.447. The minimum atomic E-state index is -0.224. The maximum absolute atomic E-state index is 11.9. The Morgan fingerprint density at radius 3 is 2.47 bits per heavy atom. The summed E-state index contributed by atoms with van der Waals surface area (Å²) in [4.78, 5) is 36.9. The summed E-state index contributed by atoms with van der Waals surface area (Å²) in [5, 5.41) is 10.2. The fourth-order valence-corrected chi connectivity index (χ4v) is 4.65. The number of piperazine rings is 1. The van der Waals surface area contributed by atoms with E-state index in [0.29, 0.717) is 17.1 Å². The Bertz CT molecular complexity index is 1110. The summed E-state index contributed by atoms with van der Waals surface area (Å²) >= 11 is 3.00. The third-order valence-electron chi connectivity index (χ3n) is 4.97. The largest absolute Gasteiger partial charge is 0.338 e. The normalized spacial score (nSPS) is 14.3. The number of hydrogen-bond acceptors (Lipinski definition) is 10. The van der Waals surface area contributed by atoms with Crippen molar-refractivity contribution in [3.63, 3.8) is 0 Å². The van der Waals surface area contributed by atoms with Crippen LogP contribution in [-0.4, -0.2) is 70.1 Å². The van der Waals surface area contributed by atoms with Crippen LogP contribution in [0.25, 0.3) is 0 Å². The maximum Gasteiger partial charge on any atom is 0.319 e. The highest BCUT2D eigenvalue weighted by Gasteiger charge is 2.19. The fraction of sp³-hybridized carbons (Fsp3) is 0.409. The summed E-state index contributed by atoms with van der Waals surface area (Å²) in [7, 11) is 2.12. The predicted molar refractivity (Wildman–Crippen MR) is 138 cm³/mol. The van der Waals surface area contributed by atoms with E-state index in [0.717, 1.165) is 46.8 Å². The van der Waals surface area contributed by atoms with Gasteiger partial charge in [-0.2, -0.15) is 15.0 Å². The highest BCUT2D eigenvalue weighted by Crippen LogP contribution is 2.29. The first-order valence-electron chi connectivity index (χ1n) is 11.1. The van der Waals surface area contributed by atoms with Gasteiger partial charge in [0, 0.05) is 53.9 Å².